The molecule has 1 aromatic heterocycles. The molecule has 3 rings (SSSR count). The van der Waals surface area contributed by atoms with Gasteiger partial charge in [-0.25, -0.2) is 4.98 Å². The van der Waals surface area contributed by atoms with Crippen molar-refractivity contribution in [2.45, 2.75) is 26.2 Å². The van der Waals surface area contributed by atoms with Crippen LogP contribution in [0, 0.1) is 0 Å². The first-order valence-electron chi connectivity index (χ1n) is 8.45. The molecule has 4 nitrogen and oxygen atoms in total. The number of aromatic amines is 1. The predicted molar refractivity (Wildman–Crippen MR) is 99.4 cm³/mol. The fourth-order valence-corrected chi connectivity index (χ4v) is 3.02. The van der Waals surface area contributed by atoms with E-state index in [0.717, 1.165) is 41.7 Å². The van der Waals surface area contributed by atoms with E-state index in [2.05, 4.69) is 16.9 Å². The zero-order valence-corrected chi connectivity index (χ0v) is 14.2. The second-order valence-electron chi connectivity index (χ2n) is 6.00. The van der Waals surface area contributed by atoms with E-state index >= 15 is 0 Å². The van der Waals surface area contributed by atoms with Gasteiger partial charge in [0.2, 0.25) is 0 Å². The Morgan fingerprint density at radius 2 is 1.48 bits per heavy atom. The third-order valence-electron chi connectivity index (χ3n) is 4.34. The number of nitrogens with one attached hydrogen (secondary N) is 1. The molecule has 2 aromatic carbocycles. The maximum Gasteiger partial charge on any atom is 0.115 e. The summed E-state index contributed by atoms with van der Waals surface area (Å²) in [5.41, 5.74) is 5.71. The number of aryl methyl sites for hydroxylation is 1. The second kappa shape index (κ2) is 7.71. The Morgan fingerprint density at radius 3 is 1.92 bits per heavy atom. The van der Waals surface area contributed by atoms with Crippen molar-refractivity contribution in [1.29, 1.82) is 0 Å². The van der Waals surface area contributed by atoms with Crippen LogP contribution in [0.3, 0.4) is 0 Å². The smallest absolute Gasteiger partial charge is 0.115 e. The van der Waals surface area contributed by atoms with Gasteiger partial charge >= 0.3 is 0 Å². The van der Waals surface area contributed by atoms with Crippen LogP contribution in [-0.2, 0) is 6.42 Å². The minimum absolute atomic E-state index is 0.254. The van der Waals surface area contributed by atoms with Gasteiger partial charge in [0.1, 0.15) is 11.5 Å². The van der Waals surface area contributed by atoms with Crippen LogP contribution in [0.2, 0.25) is 0 Å². The van der Waals surface area contributed by atoms with E-state index < -0.39 is 0 Å². The molecule has 0 radical (unpaired) electrons. The number of hydrogen-bond donors (Lipinski definition) is 3. The Bertz CT molecular complexity index is 785. The van der Waals surface area contributed by atoms with Crippen molar-refractivity contribution in [2.24, 2.45) is 0 Å². The third kappa shape index (κ3) is 4.10. The SMILES string of the molecule is CCC(CCc1cnc[nH]1)=C(c1ccc(O)cc1)c1ccc(O)cc1. The van der Waals surface area contributed by atoms with Gasteiger partial charge in [0.15, 0.2) is 0 Å². The molecule has 4 heteroatoms. The highest BCUT2D eigenvalue weighted by molar-refractivity contribution is 5.82. The van der Waals surface area contributed by atoms with Crippen molar-refractivity contribution in [1.82, 2.24) is 9.97 Å². The van der Waals surface area contributed by atoms with Gasteiger partial charge in [-0.2, -0.15) is 0 Å². The molecule has 0 fully saturated rings. The first-order valence-corrected chi connectivity index (χ1v) is 8.45. The van der Waals surface area contributed by atoms with Crippen LogP contribution in [0.25, 0.3) is 5.57 Å². The summed E-state index contributed by atoms with van der Waals surface area (Å²) in [6.07, 6.45) is 6.28. The average Bonchev–Trinajstić information content (AvgIpc) is 3.14. The van der Waals surface area contributed by atoms with Gasteiger partial charge in [0.25, 0.3) is 0 Å². The van der Waals surface area contributed by atoms with Crippen LogP contribution < -0.4 is 0 Å². The minimum atomic E-state index is 0.254. The Hall–Kier alpha value is -3.01. The number of hydrogen-bond acceptors (Lipinski definition) is 3. The number of nitrogens with zero attached hydrogens (tertiary/aromatic N) is 1. The highest BCUT2D eigenvalue weighted by atomic mass is 16.3. The van der Waals surface area contributed by atoms with Crippen LogP contribution in [0.5, 0.6) is 11.5 Å². The molecule has 0 aliphatic heterocycles. The van der Waals surface area contributed by atoms with Gasteiger partial charge in [-0.05, 0) is 60.2 Å². The Labute approximate surface area is 147 Å². The zero-order valence-electron chi connectivity index (χ0n) is 14.2. The number of aromatic hydroxyl groups is 2. The van der Waals surface area contributed by atoms with Gasteiger partial charge in [0, 0.05) is 11.9 Å². The van der Waals surface area contributed by atoms with Gasteiger partial charge in [-0.15, -0.1) is 0 Å². The average molecular weight is 334 g/mol. The van der Waals surface area contributed by atoms with Gasteiger partial charge in [0.05, 0.1) is 6.33 Å². The lowest BCUT2D eigenvalue weighted by Crippen LogP contribution is -1.97. The summed E-state index contributed by atoms with van der Waals surface area (Å²) >= 11 is 0. The van der Waals surface area contributed by atoms with Gasteiger partial charge < -0.3 is 15.2 Å². The summed E-state index contributed by atoms with van der Waals surface area (Å²) in [6.45, 7) is 2.16. The Kier molecular flexibility index (Phi) is 5.19. The molecular weight excluding hydrogens is 312 g/mol. The molecule has 0 aliphatic carbocycles. The third-order valence-corrected chi connectivity index (χ3v) is 4.34. The van der Waals surface area contributed by atoms with E-state index in [4.69, 9.17) is 0 Å². The quantitative estimate of drug-likeness (QED) is 0.614. The van der Waals surface area contributed by atoms with E-state index in [1.54, 1.807) is 30.6 Å². The maximum atomic E-state index is 9.61. The zero-order chi connectivity index (χ0) is 17.6. The van der Waals surface area contributed by atoms with E-state index in [9.17, 15) is 10.2 Å². The summed E-state index contributed by atoms with van der Waals surface area (Å²) in [7, 11) is 0. The molecule has 3 aromatic rings. The van der Waals surface area contributed by atoms with Crippen LogP contribution in [0.15, 0.2) is 66.6 Å². The highest BCUT2D eigenvalue weighted by Gasteiger charge is 2.12. The van der Waals surface area contributed by atoms with Crippen molar-refractivity contribution >= 4 is 5.57 Å². The lowest BCUT2D eigenvalue weighted by atomic mass is 9.89. The topological polar surface area (TPSA) is 69.1 Å². The maximum absolute atomic E-state index is 9.61. The number of benzene rings is 2. The van der Waals surface area contributed by atoms with Crippen molar-refractivity contribution in [3.63, 3.8) is 0 Å². The molecule has 0 atom stereocenters. The molecule has 25 heavy (non-hydrogen) atoms. The number of H-pyrrole nitrogens is 1. The Morgan fingerprint density at radius 1 is 0.920 bits per heavy atom. The molecule has 0 unspecified atom stereocenters. The first kappa shape index (κ1) is 16.8. The number of phenols is 2. The summed E-state index contributed by atoms with van der Waals surface area (Å²) in [5.74, 6) is 0.508. The van der Waals surface area contributed by atoms with Gasteiger partial charge in [-0.1, -0.05) is 36.8 Å². The lowest BCUT2D eigenvalue weighted by Gasteiger charge is -2.16. The normalized spacial score (nSPS) is 10.6. The molecule has 0 aliphatic rings. The summed E-state index contributed by atoms with van der Waals surface area (Å²) in [5, 5.41) is 19.2. The van der Waals surface area contributed by atoms with E-state index in [0.29, 0.717) is 0 Å². The van der Waals surface area contributed by atoms with Crippen molar-refractivity contribution < 1.29 is 10.2 Å². The van der Waals surface area contributed by atoms with Crippen LogP contribution in [0.1, 0.15) is 36.6 Å². The number of phenolic OH excluding ortho intramolecular Hbond substituents is 2. The molecule has 0 amide bonds. The van der Waals surface area contributed by atoms with Crippen molar-refractivity contribution in [3.05, 3.63) is 83.4 Å². The molecule has 0 spiro atoms. The summed E-state index contributed by atoms with van der Waals surface area (Å²) in [6, 6.07) is 14.6. The fourth-order valence-electron chi connectivity index (χ4n) is 3.02. The molecule has 1 heterocycles. The summed E-state index contributed by atoms with van der Waals surface area (Å²) < 4.78 is 0. The largest absolute Gasteiger partial charge is 0.508 e. The molecule has 0 saturated heterocycles. The molecule has 128 valence electrons. The monoisotopic (exact) mass is 334 g/mol. The predicted octanol–water partition coefficient (Wildman–Crippen LogP) is 4.67. The lowest BCUT2D eigenvalue weighted by molar-refractivity contribution is 0.475. The van der Waals surface area contributed by atoms with E-state index in [1.165, 1.54) is 5.57 Å². The van der Waals surface area contributed by atoms with Crippen LogP contribution in [0.4, 0.5) is 0 Å². The number of imidazole rings is 1. The number of rotatable bonds is 6. The van der Waals surface area contributed by atoms with Crippen molar-refractivity contribution in [2.75, 3.05) is 0 Å². The summed E-state index contributed by atoms with van der Waals surface area (Å²) in [4.78, 5) is 7.23. The highest BCUT2D eigenvalue weighted by Crippen LogP contribution is 2.32. The number of allylic oxidation sites excluding steroid dienone is 1. The van der Waals surface area contributed by atoms with E-state index in [-0.39, 0.29) is 11.5 Å². The van der Waals surface area contributed by atoms with E-state index in [1.807, 2.05) is 30.5 Å². The molecule has 0 bridgehead atoms. The Balaban J connectivity index is 2.03. The number of aromatic nitrogens is 2. The minimum Gasteiger partial charge on any atom is -0.508 e. The molecule has 0 saturated carbocycles. The first-order chi connectivity index (χ1) is 12.2. The fraction of sp³-hybridized carbons (Fsp3) is 0.190. The van der Waals surface area contributed by atoms with Gasteiger partial charge in [-0.3, -0.25) is 0 Å². The standard InChI is InChI=1S/C21H22N2O2/c1-2-15(3-8-18-13-22-14-23-18)21(16-4-9-19(24)10-5-16)17-6-11-20(25)12-7-17/h4-7,9-14,24-25H,2-3,8H2,1H3,(H,22,23). The molecular formula is C21H22N2O2. The van der Waals surface area contributed by atoms with Crippen molar-refractivity contribution in [3.8, 4) is 11.5 Å². The second-order valence-corrected chi connectivity index (χ2v) is 6.00. The molecule has 3 N–H and O–H groups in total. The van der Waals surface area contributed by atoms with Crippen LogP contribution in [-0.4, -0.2) is 20.2 Å². The van der Waals surface area contributed by atoms with Crippen LogP contribution >= 0.6 is 0 Å².